The lowest BCUT2D eigenvalue weighted by Gasteiger charge is -2.08. The highest BCUT2D eigenvalue weighted by molar-refractivity contribution is 7.90. The van der Waals surface area contributed by atoms with Crippen LogP contribution in [0.25, 0.3) is 33.3 Å². The van der Waals surface area contributed by atoms with E-state index < -0.39 is 10.0 Å². The Kier molecular flexibility index (Phi) is 5.32. The Morgan fingerprint density at radius 3 is 2.21 bits per heavy atom. The zero-order valence-electron chi connectivity index (χ0n) is 18.1. The second-order valence-corrected chi connectivity index (χ2v) is 9.83. The summed E-state index contributed by atoms with van der Waals surface area (Å²) in [6.07, 6.45) is 3.39. The van der Waals surface area contributed by atoms with Gasteiger partial charge in [-0.05, 0) is 41.8 Å². The van der Waals surface area contributed by atoms with Crippen molar-refractivity contribution in [2.75, 3.05) is 0 Å². The monoisotopic (exact) mass is 453 g/mol. The molecular weight excluding hydrogens is 430 g/mol. The fraction of sp³-hybridized carbons (Fsp3) is 0.0741. The Balaban J connectivity index is 1.75. The van der Waals surface area contributed by atoms with E-state index in [9.17, 15) is 8.42 Å². The highest BCUT2D eigenvalue weighted by atomic mass is 32.2. The third-order valence-corrected chi connectivity index (χ3v) is 7.46. The fourth-order valence-electron chi connectivity index (χ4n) is 3.93. The van der Waals surface area contributed by atoms with Crippen LogP contribution in [0, 0.1) is 6.92 Å². The van der Waals surface area contributed by atoms with Crippen LogP contribution < -0.4 is 5.73 Å². The van der Waals surface area contributed by atoms with Crippen LogP contribution in [0.2, 0.25) is 0 Å². The Labute approximate surface area is 193 Å². The molecule has 0 unspecified atom stereocenters. The number of benzene rings is 3. The molecule has 33 heavy (non-hydrogen) atoms. The number of aryl methyl sites for hydroxylation is 1. The quantitative estimate of drug-likeness (QED) is 0.388. The van der Waals surface area contributed by atoms with Crippen LogP contribution in [0.3, 0.4) is 0 Å². The van der Waals surface area contributed by atoms with Gasteiger partial charge >= 0.3 is 0 Å². The first-order valence-corrected chi connectivity index (χ1v) is 12.1. The standard InChI is InChI=1S/C27H23N3O2S/c1-19-7-13-24(14-8-19)33(31,32)30-18-26(22-11-9-20(16-28)10-12-22)25-15-23(17-29-27(25)30)21-5-3-2-4-6-21/h2-15,17-18H,16,28H2,1H3. The zero-order valence-corrected chi connectivity index (χ0v) is 19.0. The van der Waals surface area contributed by atoms with Gasteiger partial charge < -0.3 is 5.73 Å². The van der Waals surface area contributed by atoms with E-state index >= 15 is 0 Å². The molecule has 5 nitrogen and oxygen atoms in total. The number of hydrogen-bond acceptors (Lipinski definition) is 4. The molecule has 0 fully saturated rings. The summed E-state index contributed by atoms with van der Waals surface area (Å²) in [5.74, 6) is 0. The van der Waals surface area contributed by atoms with Crippen molar-refractivity contribution in [1.29, 1.82) is 0 Å². The lowest BCUT2D eigenvalue weighted by atomic mass is 10.0. The molecule has 0 atom stereocenters. The Hall–Kier alpha value is -3.74. The van der Waals surface area contributed by atoms with Gasteiger partial charge in [0.2, 0.25) is 0 Å². The van der Waals surface area contributed by atoms with Crippen LogP contribution in [0.1, 0.15) is 11.1 Å². The van der Waals surface area contributed by atoms with Crippen molar-refractivity contribution in [3.8, 4) is 22.3 Å². The average molecular weight is 454 g/mol. The van der Waals surface area contributed by atoms with Crippen LogP contribution in [-0.4, -0.2) is 17.4 Å². The van der Waals surface area contributed by atoms with E-state index in [1.165, 1.54) is 3.97 Å². The molecule has 0 aliphatic rings. The van der Waals surface area contributed by atoms with Gasteiger partial charge in [0.25, 0.3) is 10.0 Å². The number of hydrogen-bond donors (Lipinski definition) is 1. The van der Waals surface area contributed by atoms with Crippen molar-refractivity contribution >= 4 is 21.1 Å². The Morgan fingerprint density at radius 1 is 0.848 bits per heavy atom. The van der Waals surface area contributed by atoms with Gasteiger partial charge in [-0.1, -0.05) is 72.3 Å². The van der Waals surface area contributed by atoms with Crippen LogP contribution >= 0.6 is 0 Å². The van der Waals surface area contributed by atoms with Crippen molar-refractivity contribution in [2.24, 2.45) is 5.73 Å². The molecule has 164 valence electrons. The van der Waals surface area contributed by atoms with Gasteiger partial charge in [0.15, 0.2) is 5.65 Å². The van der Waals surface area contributed by atoms with Crippen LogP contribution in [0.4, 0.5) is 0 Å². The predicted molar refractivity (Wildman–Crippen MR) is 132 cm³/mol. The van der Waals surface area contributed by atoms with Gasteiger partial charge in [-0.3, -0.25) is 0 Å². The van der Waals surface area contributed by atoms with Crippen LogP contribution in [-0.2, 0) is 16.6 Å². The highest BCUT2D eigenvalue weighted by Gasteiger charge is 2.23. The minimum Gasteiger partial charge on any atom is -0.326 e. The minimum absolute atomic E-state index is 0.226. The summed E-state index contributed by atoms with van der Waals surface area (Å²) >= 11 is 0. The summed E-state index contributed by atoms with van der Waals surface area (Å²) in [5.41, 5.74) is 11.8. The van der Waals surface area contributed by atoms with E-state index in [1.807, 2.05) is 67.6 Å². The molecule has 0 spiro atoms. The van der Waals surface area contributed by atoms with E-state index in [2.05, 4.69) is 4.98 Å². The Morgan fingerprint density at radius 2 is 1.55 bits per heavy atom. The highest BCUT2D eigenvalue weighted by Crippen LogP contribution is 2.34. The molecule has 6 heteroatoms. The first-order valence-electron chi connectivity index (χ1n) is 10.7. The topological polar surface area (TPSA) is 78.0 Å². The molecule has 0 saturated heterocycles. The average Bonchev–Trinajstić information content (AvgIpc) is 3.25. The fourth-order valence-corrected chi connectivity index (χ4v) is 5.25. The molecule has 0 bridgehead atoms. The number of nitrogens with zero attached hydrogens (tertiary/aromatic N) is 2. The van der Waals surface area contributed by atoms with Crippen molar-refractivity contribution in [1.82, 2.24) is 8.96 Å². The molecule has 2 aromatic heterocycles. The summed E-state index contributed by atoms with van der Waals surface area (Å²) in [4.78, 5) is 4.84. The second kappa shape index (κ2) is 8.31. The normalized spacial score (nSPS) is 11.7. The first-order chi connectivity index (χ1) is 16.0. The summed E-state index contributed by atoms with van der Waals surface area (Å²) in [6.45, 7) is 2.38. The predicted octanol–water partition coefficient (Wildman–Crippen LogP) is 5.37. The summed E-state index contributed by atoms with van der Waals surface area (Å²) < 4.78 is 28.4. The van der Waals surface area contributed by atoms with Crippen LogP contribution in [0.5, 0.6) is 0 Å². The summed E-state index contributed by atoms with van der Waals surface area (Å²) in [5, 5.41) is 0.771. The molecule has 2 N–H and O–H groups in total. The SMILES string of the molecule is Cc1ccc(S(=O)(=O)n2cc(-c3ccc(CN)cc3)c3cc(-c4ccccc4)cnc32)cc1. The van der Waals surface area contributed by atoms with E-state index in [-0.39, 0.29) is 4.90 Å². The van der Waals surface area contributed by atoms with Crippen molar-refractivity contribution < 1.29 is 8.42 Å². The maximum absolute atomic E-state index is 13.6. The lowest BCUT2D eigenvalue weighted by Crippen LogP contribution is -2.12. The maximum atomic E-state index is 13.6. The number of nitrogens with two attached hydrogens (primary N) is 1. The van der Waals surface area contributed by atoms with Crippen molar-refractivity contribution in [2.45, 2.75) is 18.4 Å². The van der Waals surface area contributed by atoms with E-state index in [4.69, 9.17) is 5.73 Å². The molecule has 3 aromatic carbocycles. The lowest BCUT2D eigenvalue weighted by molar-refractivity contribution is 0.589. The number of pyridine rings is 1. The molecular formula is C27H23N3O2S. The molecule has 0 aliphatic carbocycles. The van der Waals surface area contributed by atoms with E-state index in [0.717, 1.165) is 38.8 Å². The molecule has 5 aromatic rings. The van der Waals surface area contributed by atoms with Crippen molar-refractivity contribution in [3.05, 3.63) is 108 Å². The summed E-state index contributed by atoms with van der Waals surface area (Å²) in [6, 6.07) is 26.6. The molecule has 0 aliphatic heterocycles. The van der Waals surface area contributed by atoms with E-state index in [0.29, 0.717) is 12.2 Å². The van der Waals surface area contributed by atoms with Crippen LogP contribution in [0.15, 0.2) is 102 Å². The first kappa shape index (κ1) is 21.1. The van der Waals surface area contributed by atoms with Gasteiger partial charge in [0.05, 0.1) is 4.90 Å². The largest absolute Gasteiger partial charge is 0.326 e. The molecule has 0 amide bonds. The van der Waals surface area contributed by atoms with Crippen molar-refractivity contribution in [3.63, 3.8) is 0 Å². The smallest absolute Gasteiger partial charge is 0.269 e. The second-order valence-electron chi connectivity index (χ2n) is 8.02. The Bertz CT molecular complexity index is 1540. The number of rotatable bonds is 5. The number of aromatic nitrogens is 2. The molecule has 5 rings (SSSR count). The van der Waals surface area contributed by atoms with E-state index in [1.54, 1.807) is 36.7 Å². The van der Waals surface area contributed by atoms with Gasteiger partial charge in [0, 0.05) is 35.5 Å². The molecule has 2 heterocycles. The third kappa shape index (κ3) is 3.84. The zero-order chi connectivity index (χ0) is 23.0. The van der Waals surface area contributed by atoms with Gasteiger partial charge in [0.1, 0.15) is 0 Å². The molecule has 0 radical (unpaired) electrons. The summed E-state index contributed by atoms with van der Waals surface area (Å²) in [7, 11) is -3.83. The third-order valence-electron chi connectivity index (χ3n) is 5.80. The minimum atomic E-state index is -3.83. The maximum Gasteiger partial charge on any atom is 0.269 e. The molecule has 0 saturated carbocycles. The van der Waals surface area contributed by atoms with Gasteiger partial charge in [-0.15, -0.1) is 0 Å². The number of fused-ring (bicyclic) bond motifs is 1. The van der Waals surface area contributed by atoms with Gasteiger partial charge in [-0.25, -0.2) is 17.4 Å². The van der Waals surface area contributed by atoms with Gasteiger partial charge in [-0.2, -0.15) is 0 Å².